The zero-order chi connectivity index (χ0) is 13.5. The smallest absolute Gasteiger partial charge is 0.327 e. The number of hydrogen-bond acceptors (Lipinski definition) is 4. The summed E-state index contributed by atoms with van der Waals surface area (Å²) in [4.78, 5) is 35.1. The van der Waals surface area contributed by atoms with Crippen LogP contribution < -0.4 is 10.6 Å². The van der Waals surface area contributed by atoms with Crippen LogP contribution >= 0.6 is 11.8 Å². The van der Waals surface area contributed by atoms with Gasteiger partial charge in [0.05, 0.1) is 0 Å². The number of aliphatic carboxylic acids is 1. The Morgan fingerprint density at radius 2 is 2.17 bits per heavy atom. The molecule has 1 rings (SSSR count). The highest BCUT2D eigenvalue weighted by Crippen LogP contribution is 2.16. The van der Waals surface area contributed by atoms with Crippen molar-refractivity contribution in [1.29, 1.82) is 0 Å². The van der Waals surface area contributed by atoms with E-state index in [9.17, 15) is 14.4 Å². The first-order valence-electron chi connectivity index (χ1n) is 5.62. The van der Waals surface area contributed by atoms with Gasteiger partial charge in [-0.3, -0.25) is 4.79 Å². The number of thioether (sulfide) groups is 1. The van der Waals surface area contributed by atoms with Crippen LogP contribution in [0.4, 0.5) is 4.79 Å². The molecule has 1 atom stereocenters. The second-order valence-corrected chi connectivity index (χ2v) is 4.93. The Balaban J connectivity index is 2.43. The van der Waals surface area contributed by atoms with Crippen molar-refractivity contribution in [2.45, 2.75) is 12.5 Å². The second-order valence-electron chi connectivity index (χ2n) is 3.78. The quantitative estimate of drug-likeness (QED) is 0.632. The van der Waals surface area contributed by atoms with Gasteiger partial charge in [0, 0.05) is 38.1 Å². The average molecular weight is 275 g/mol. The molecule has 3 amide bonds. The summed E-state index contributed by atoms with van der Waals surface area (Å²) < 4.78 is 0. The van der Waals surface area contributed by atoms with E-state index >= 15 is 0 Å². The number of carboxylic acids is 1. The van der Waals surface area contributed by atoms with Gasteiger partial charge in [0.25, 0.3) is 0 Å². The zero-order valence-corrected chi connectivity index (χ0v) is 11.0. The molecule has 1 saturated heterocycles. The molecule has 1 unspecified atom stereocenters. The number of amides is 3. The maximum atomic E-state index is 11.8. The van der Waals surface area contributed by atoms with Crippen molar-refractivity contribution in [3.63, 3.8) is 0 Å². The lowest BCUT2D eigenvalue weighted by Crippen LogP contribution is -2.54. The third kappa shape index (κ3) is 4.10. The van der Waals surface area contributed by atoms with Crippen LogP contribution in [0.5, 0.6) is 0 Å². The highest BCUT2D eigenvalue weighted by molar-refractivity contribution is 7.99. The van der Waals surface area contributed by atoms with E-state index in [1.807, 2.05) is 0 Å². The molecule has 1 fully saturated rings. The van der Waals surface area contributed by atoms with Crippen molar-refractivity contribution in [2.24, 2.45) is 0 Å². The SMILES string of the molecule is CNC(=O)CCNC(=O)N1CCSCC1C(=O)O. The van der Waals surface area contributed by atoms with Crippen molar-refractivity contribution in [3.05, 3.63) is 0 Å². The zero-order valence-electron chi connectivity index (χ0n) is 10.1. The molecule has 0 radical (unpaired) electrons. The van der Waals surface area contributed by atoms with Crippen LogP contribution in [0.25, 0.3) is 0 Å². The van der Waals surface area contributed by atoms with Crippen LogP contribution in [0.1, 0.15) is 6.42 Å². The molecule has 1 heterocycles. The first-order valence-corrected chi connectivity index (χ1v) is 6.77. The topological polar surface area (TPSA) is 98.7 Å². The Morgan fingerprint density at radius 3 is 2.78 bits per heavy atom. The first-order chi connectivity index (χ1) is 8.56. The van der Waals surface area contributed by atoms with Gasteiger partial charge in [0.15, 0.2) is 0 Å². The molecule has 0 bridgehead atoms. The van der Waals surface area contributed by atoms with Crippen molar-refractivity contribution in [1.82, 2.24) is 15.5 Å². The van der Waals surface area contributed by atoms with Crippen LogP contribution in [0.3, 0.4) is 0 Å². The lowest BCUT2D eigenvalue weighted by atomic mass is 10.3. The Kier molecular flexibility index (Phi) is 5.76. The maximum absolute atomic E-state index is 11.8. The maximum Gasteiger partial charge on any atom is 0.327 e. The molecule has 0 aromatic carbocycles. The molecule has 7 nitrogen and oxygen atoms in total. The Hall–Kier alpha value is -1.44. The molecule has 0 aliphatic carbocycles. The summed E-state index contributed by atoms with van der Waals surface area (Å²) in [5.41, 5.74) is 0. The lowest BCUT2D eigenvalue weighted by molar-refractivity contribution is -0.141. The number of carbonyl (C=O) groups is 3. The highest BCUT2D eigenvalue weighted by Gasteiger charge is 2.32. The average Bonchev–Trinajstić information content (AvgIpc) is 2.38. The van der Waals surface area contributed by atoms with Gasteiger partial charge in [-0.05, 0) is 0 Å². The predicted octanol–water partition coefficient (Wildman–Crippen LogP) is -0.666. The molecule has 1 aliphatic rings. The molecule has 0 aromatic heterocycles. The third-order valence-corrected chi connectivity index (χ3v) is 3.60. The Labute approximate surface area is 109 Å². The fourth-order valence-corrected chi connectivity index (χ4v) is 2.60. The van der Waals surface area contributed by atoms with Gasteiger partial charge in [0.1, 0.15) is 6.04 Å². The molecule has 18 heavy (non-hydrogen) atoms. The van der Waals surface area contributed by atoms with Crippen molar-refractivity contribution in [3.8, 4) is 0 Å². The van der Waals surface area contributed by atoms with E-state index in [1.165, 1.54) is 23.7 Å². The molecule has 0 saturated carbocycles. The number of urea groups is 1. The number of carbonyl (C=O) groups excluding carboxylic acids is 2. The van der Waals surface area contributed by atoms with Crippen molar-refractivity contribution >= 4 is 29.7 Å². The number of hydrogen-bond donors (Lipinski definition) is 3. The number of nitrogens with one attached hydrogen (secondary N) is 2. The predicted molar refractivity (Wildman–Crippen MR) is 67.5 cm³/mol. The standard InChI is InChI=1S/C10H17N3O4S/c1-11-8(14)2-3-12-10(17)13-4-5-18-6-7(13)9(15)16/h7H,2-6H2,1H3,(H,11,14)(H,12,17)(H,15,16). The molecule has 102 valence electrons. The largest absolute Gasteiger partial charge is 0.480 e. The minimum absolute atomic E-state index is 0.167. The van der Waals surface area contributed by atoms with E-state index in [0.717, 1.165) is 5.75 Å². The molecular formula is C10H17N3O4S. The van der Waals surface area contributed by atoms with E-state index in [1.54, 1.807) is 0 Å². The van der Waals surface area contributed by atoms with Gasteiger partial charge in [-0.1, -0.05) is 0 Å². The molecule has 3 N–H and O–H groups in total. The van der Waals surface area contributed by atoms with Crippen LogP contribution in [0, 0.1) is 0 Å². The van der Waals surface area contributed by atoms with E-state index in [-0.39, 0.29) is 18.9 Å². The molecule has 1 aliphatic heterocycles. The highest BCUT2D eigenvalue weighted by atomic mass is 32.2. The molecule has 8 heteroatoms. The molecule has 0 aromatic rings. The summed E-state index contributed by atoms with van der Waals surface area (Å²) in [5.74, 6) is -0.0341. The lowest BCUT2D eigenvalue weighted by Gasteiger charge is -2.32. The fourth-order valence-electron chi connectivity index (χ4n) is 1.56. The monoisotopic (exact) mass is 275 g/mol. The summed E-state index contributed by atoms with van der Waals surface area (Å²) in [6.45, 7) is 0.613. The van der Waals surface area contributed by atoms with Crippen molar-refractivity contribution < 1.29 is 19.5 Å². The number of carboxylic acid groups (broad SMARTS) is 1. The molecular weight excluding hydrogens is 258 g/mol. The second kappa shape index (κ2) is 7.10. The normalized spacial score (nSPS) is 19.2. The fraction of sp³-hybridized carbons (Fsp3) is 0.700. The van der Waals surface area contributed by atoms with Crippen LogP contribution in [-0.4, -0.2) is 65.6 Å². The van der Waals surface area contributed by atoms with Gasteiger partial charge in [0.2, 0.25) is 5.91 Å². The summed E-state index contributed by atoms with van der Waals surface area (Å²) in [6.07, 6.45) is 0.183. The molecule has 0 spiro atoms. The van der Waals surface area contributed by atoms with Gasteiger partial charge < -0.3 is 20.6 Å². The van der Waals surface area contributed by atoms with Gasteiger partial charge in [-0.25, -0.2) is 9.59 Å². The van der Waals surface area contributed by atoms with Crippen LogP contribution in [0.15, 0.2) is 0 Å². The summed E-state index contributed by atoms with van der Waals surface area (Å²) in [5, 5.41) is 14.0. The number of nitrogens with zero attached hydrogens (tertiary/aromatic N) is 1. The summed E-state index contributed by atoms with van der Waals surface area (Å²) in [6, 6.07) is -1.21. The van der Waals surface area contributed by atoms with E-state index in [2.05, 4.69) is 10.6 Å². The van der Waals surface area contributed by atoms with Gasteiger partial charge in [-0.2, -0.15) is 11.8 Å². The van der Waals surface area contributed by atoms with Crippen LogP contribution in [0.2, 0.25) is 0 Å². The van der Waals surface area contributed by atoms with Crippen LogP contribution in [-0.2, 0) is 9.59 Å². The van der Waals surface area contributed by atoms with Gasteiger partial charge in [-0.15, -0.1) is 0 Å². The van der Waals surface area contributed by atoms with E-state index in [0.29, 0.717) is 12.3 Å². The third-order valence-electron chi connectivity index (χ3n) is 2.58. The Bertz CT molecular complexity index is 337. The Morgan fingerprint density at radius 1 is 1.44 bits per heavy atom. The van der Waals surface area contributed by atoms with Gasteiger partial charge >= 0.3 is 12.0 Å². The van der Waals surface area contributed by atoms with Crippen molar-refractivity contribution in [2.75, 3.05) is 31.6 Å². The number of rotatable bonds is 4. The minimum Gasteiger partial charge on any atom is -0.480 e. The minimum atomic E-state index is -0.997. The summed E-state index contributed by atoms with van der Waals surface area (Å²) in [7, 11) is 1.52. The first kappa shape index (κ1) is 14.6. The van der Waals surface area contributed by atoms with E-state index in [4.69, 9.17) is 5.11 Å². The summed E-state index contributed by atoms with van der Waals surface area (Å²) >= 11 is 1.52. The van der Waals surface area contributed by atoms with E-state index < -0.39 is 18.0 Å².